The molecule has 2 aromatic rings. The predicted molar refractivity (Wildman–Crippen MR) is 116 cm³/mol. The zero-order chi connectivity index (χ0) is 22.6. The van der Waals surface area contributed by atoms with Crippen molar-refractivity contribution < 1.29 is 22.3 Å². The van der Waals surface area contributed by atoms with E-state index in [1.807, 2.05) is 31.2 Å². The van der Waals surface area contributed by atoms with Crippen molar-refractivity contribution in [2.75, 3.05) is 46.9 Å². The lowest BCUT2D eigenvalue weighted by atomic mass is 10.0. The van der Waals surface area contributed by atoms with Crippen LogP contribution < -0.4 is 5.32 Å². The Hall–Kier alpha value is -2.33. The molecular formula is C22H28FN3O4S. The predicted octanol–water partition coefficient (Wildman–Crippen LogP) is 2.19. The van der Waals surface area contributed by atoms with Crippen LogP contribution in [0.5, 0.6) is 0 Å². The van der Waals surface area contributed by atoms with E-state index in [0.717, 1.165) is 40.7 Å². The minimum atomic E-state index is -4.00. The molecule has 7 nitrogen and oxygen atoms in total. The van der Waals surface area contributed by atoms with Crippen LogP contribution in [0.4, 0.5) is 4.39 Å². The number of nitrogens with one attached hydrogen (secondary N) is 1. The smallest absolute Gasteiger partial charge is 0.251 e. The molecule has 9 heteroatoms. The molecule has 168 valence electrons. The lowest BCUT2D eigenvalue weighted by Crippen LogP contribution is -2.43. The zero-order valence-electron chi connectivity index (χ0n) is 18.0. The van der Waals surface area contributed by atoms with Crippen molar-refractivity contribution in [1.29, 1.82) is 0 Å². The molecule has 0 aromatic heterocycles. The van der Waals surface area contributed by atoms with Gasteiger partial charge in [0.05, 0.1) is 19.3 Å². The minimum absolute atomic E-state index is 0.0566. The fourth-order valence-electron chi connectivity index (χ4n) is 3.47. The lowest BCUT2D eigenvalue weighted by molar-refractivity contribution is 0.0162. The van der Waals surface area contributed by atoms with Gasteiger partial charge in [-0.15, -0.1) is 0 Å². The summed E-state index contributed by atoms with van der Waals surface area (Å²) in [6, 6.07) is 11.5. The van der Waals surface area contributed by atoms with Crippen LogP contribution in [0.2, 0.25) is 0 Å². The Labute approximate surface area is 182 Å². The van der Waals surface area contributed by atoms with Crippen molar-refractivity contribution in [2.45, 2.75) is 17.9 Å². The molecule has 1 N–H and O–H groups in total. The number of benzene rings is 2. The number of aryl methyl sites for hydroxylation is 1. The number of hydrogen-bond donors (Lipinski definition) is 1. The standard InChI is InChI=1S/C22H28FN3O4S/c1-16-4-6-17(7-5-16)20(26-10-12-30-13-11-26)15-24-22(27)18-8-9-19(23)21(14-18)31(28,29)25(2)3/h4-9,14,20H,10-13,15H2,1-3H3,(H,24,27). The molecule has 2 aromatic carbocycles. The molecule has 0 spiro atoms. The Morgan fingerprint density at radius 3 is 2.42 bits per heavy atom. The molecule has 1 amide bonds. The van der Waals surface area contributed by atoms with E-state index in [1.54, 1.807) is 0 Å². The average molecular weight is 450 g/mol. The number of nitrogens with zero attached hydrogens (tertiary/aromatic N) is 2. The van der Waals surface area contributed by atoms with E-state index in [9.17, 15) is 17.6 Å². The van der Waals surface area contributed by atoms with Crippen LogP contribution in [0, 0.1) is 12.7 Å². The zero-order valence-corrected chi connectivity index (χ0v) is 18.8. The molecule has 1 aliphatic rings. The number of carbonyl (C=O) groups is 1. The van der Waals surface area contributed by atoms with Crippen molar-refractivity contribution in [3.63, 3.8) is 0 Å². The van der Waals surface area contributed by atoms with Crippen molar-refractivity contribution in [3.05, 3.63) is 65.0 Å². The highest BCUT2D eigenvalue weighted by molar-refractivity contribution is 7.89. The van der Waals surface area contributed by atoms with Crippen LogP contribution >= 0.6 is 0 Å². The maximum absolute atomic E-state index is 14.1. The SMILES string of the molecule is Cc1ccc(C(CNC(=O)c2ccc(F)c(S(=O)(=O)N(C)C)c2)N2CCOCC2)cc1. The molecule has 3 rings (SSSR count). The summed E-state index contributed by atoms with van der Waals surface area (Å²) >= 11 is 0. The van der Waals surface area contributed by atoms with E-state index in [2.05, 4.69) is 10.2 Å². The second kappa shape index (κ2) is 9.86. The van der Waals surface area contributed by atoms with Crippen LogP contribution in [0.15, 0.2) is 47.4 Å². The van der Waals surface area contributed by atoms with Gasteiger partial charge < -0.3 is 10.1 Å². The molecule has 0 aliphatic carbocycles. The van der Waals surface area contributed by atoms with Crippen LogP contribution in [0.3, 0.4) is 0 Å². The summed E-state index contributed by atoms with van der Waals surface area (Å²) in [5, 5.41) is 2.88. The minimum Gasteiger partial charge on any atom is -0.379 e. The second-order valence-corrected chi connectivity index (χ2v) is 9.84. The first-order valence-electron chi connectivity index (χ1n) is 10.1. The van der Waals surface area contributed by atoms with Crippen LogP contribution in [-0.2, 0) is 14.8 Å². The highest BCUT2D eigenvalue weighted by atomic mass is 32.2. The Kier molecular flexibility index (Phi) is 7.42. The fourth-order valence-corrected chi connectivity index (χ4v) is 4.45. The van der Waals surface area contributed by atoms with Gasteiger partial charge in [-0.2, -0.15) is 0 Å². The summed E-state index contributed by atoms with van der Waals surface area (Å²) in [6.45, 7) is 5.09. The number of hydrogen-bond acceptors (Lipinski definition) is 5. The molecule has 1 saturated heterocycles. The number of morpholine rings is 1. The normalized spacial score (nSPS) is 16.3. The summed E-state index contributed by atoms with van der Waals surface area (Å²) in [6.07, 6.45) is 0. The van der Waals surface area contributed by atoms with E-state index < -0.39 is 26.6 Å². The van der Waals surface area contributed by atoms with Gasteiger partial charge in [-0.05, 0) is 30.7 Å². The third-order valence-corrected chi connectivity index (χ3v) is 7.19. The largest absolute Gasteiger partial charge is 0.379 e. The Morgan fingerprint density at radius 2 is 1.81 bits per heavy atom. The molecule has 31 heavy (non-hydrogen) atoms. The Bertz CT molecular complexity index is 1020. The van der Waals surface area contributed by atoms with Crippen molar-refractivity contribution >= 4 is 15.9 Å². The number of rotatable bonds is 7. The molecule has 1 heterocycles. The van der Waals surface area contributed by atoms with Gasteiger partial charge in [0, 0.05) is 39.3 Å². The van der Waals surface area contributed by atoms with Crippen LogP contribution in [-0.4, -0.2) is 70.5 Å². The molecular weight excluding hydrogens is 421 g/mol. The number of ether oxygens (including phenoxy) is 1. The highest BCUT2D eigenvalue weighted by Crippen LogP contribution is 2.23. The van der Waals surface area contributed by atoms with Crippen molar-refractivity contribution in [3.8, 4) is 0 Å². The van der Waals surface area contributed by atoms with Crippen LogP contribution in [0.25, 0.3) is 0 Å². The maximum atomic E-state index is 14.1. The molecule has 1 aliphatic heterocycles. The molecule has 1 unspecified atom stereocenters. The van der Waals surface area contributed by atoms with E-state index in [0.29, 0.717) is 19.8 Å². The third-order valence-electron chi connectivity index (χ3n) is 5.36. The van der Waals surface area contributed by atoms with Gasteiger partial charge >= 0.3 is 0 Å². The topological polar surface area (TPSA) is 79.0 Å². The monoisotopic (exact) mass is 449 g/mol. The van der Waals surface area contributed by atoms with Gasteiger partial charge in [-0.3, -0.25) is 9.69 Å². The van der Waals surface area contributed by atoms with Gasteiger partial charge in [-0.25, -0.2) is 17.1 Å². The summed E-state index contributed by atoms with van der Waals surface area (Å²) in [4.78, 5) is 14.5. The van der Waals surface area contributed by atoms with E-state index in [1.165, 1.54) is 20.2 Å². The van der Waals surface area contributed by atoms with Gasteiger partial charge in [0.2, 0.25) is 10.0 Å². The first-order valence-corrected chi connectivity index (χ1v) is 11.5. The molecule has 1 atom stereocenters. The van der Waals surface area contributed by atoms with Crippen molar-refractivity contribution in [2.24, 2.45) is 0 Å². The first kappa shape index (κ1) is 23.3. The maximum Gasteiger partial charge on any atom is 0.251 e. The van der Waals surface area contributed by atoms with Gasteiger partial charge in [0.25, 0.3) is 5.91 Å². The van der Waals surface area contributed by atoms with Gasteiger partial charge in [0.15, 0.2) is 0 Å². The highest BCUT2D eigenvalue weighted by Gasteiger charge is 2.25. The average Bonchev–Trinajstić information content (AvgIpc) is 2.75. The number of amides is 1. The summed E-state index contributed by atoms with van der Waals surface area (Å²) in [5.41, 5.74) is 2.31. The molecule has 0 radical (unpaired) electrons. The Morgan fingerprint density at radius 1 is 1.16 bits per heavy atom. The number of carbonyl (C=O) groups excluding carboxylic acids is 1. The van der Waals surface area contributed by atoms with Crippen molar-refractivity contribution in [1.82, 2.24) is 14.5 Å². The molecule has 1 fully saturated rings. The molecule has 0 bridgehead atoms. The second-order valence-electron chi connectivity index (χ2n) is 7.72. The third kappa shape index (κ3) is 5.48. The number of halogens is 1. The summed E-state index contributed by atoms with van der Waals surface area (Å²) in [7, 11) is -1.37. The summed E-state index contributed by atoms with van der Waals surface area (Å²) < 4.78 is 45.2. The Balaban J connectivity index is 1.80. The summed E-state index contributed by atoms with van der Waals surface area (Å²) in [5.74, 6) is -1.35. The quantitative estimate of drug-likeness (QED) is 0.701. The van der Waals surface area contributed by atoms with E-state index in [-0.39, 0.29) is 11.6 Å². The van der Waals surface area contributed by atoms with E-state index in [4.69, 9.17) is 4.74 Å². The van der Waals surface area contributed by atoms with Gasteiger partial charge in [-0.1, -0.05) is 29.8 Å². The number of sulfonamides is 1. The van der Waals surface area contributed by atoms with Crippen LogP contribution in [0.1, 0.15) is 27.5 Å². The first-order chi connectivity index (χ1) is 14.7. The molecule has 0 saturated carbocycles. The fraction of sp³-hybridized carbons (Fsp3) is 0.409. The van der Waals surface area contributed by atoms with E-state index >= 15 is 0 Å². The lowest BCUT2D eigenvalue weighted by Gasteiger charge is -2.35. The van der Waals surface area contributed by atoms with Gasteiger partial charge in [0.1, 0.15) is 10.7 Å².